The number of carbonyl (C=O) groups excluding carboxylic acids is 1. The molecule has 0 bridgehead atoms. The van der Waals surface area contributed by atoms with Crippen molar-refractivity contribution >= 4 is 21.6 Å². The number of carbonyl (C=O) groups is 1. The van der Waals surface area contributed by atoms with Crippen molar-refractivity contribution in [2.75, 3.05) is 5.32 Å². The Morgan fingerprint density at radius 3 is 2.38 bits per heavy atom. The molecule has 3 N–H and O–H groups in total. The number of nitrogens with one attached hydrogen (secondary N) is 1. The molecule has 2 aromatic rings. The monoisotopic (exact) mass is 308 g/mol. The van der Waals surface area contributed by atoms with Crippen LogP contribution < -0.4 is 10.5 Å². The van der Waals surface area contributed by atoms with Crippen LogP contribution in [-0.4, -0.2) is 14.3 Å². The van der Waals surface area contributed by atoms with Gasteiger partial charge in [-0.1, -0.05) is 19.1 Å². The lowest BCUT2D eigenvalue weighted by Crippen LogP contribution is -2.14. The number of sulfonamides is 1. The van der Waals surface area contributed by atoms with Crippen LogP contribution >= 0.6 is 0 Å². The quantitative estimate of drug-likeness (QED) is 0.880. The normalized spacial score (nSPS) is 11.3. The van der Waals surface area contributed by atoms with Crippen molar-refractivity contribution < 1.29 is 17.6 Å². The molecule has 1 amide bonds. The molecule has 7 heteroatoms. The van der Waals surface area contributed by atoms with E-state index in [4.69, 9.17) is 9.56 Å². The molecular weight excluding hydrogens is 292 g/mol. The van der Waals surface area contributed by atoms with Gasteiger partial charge in [-0.15, -0.1) is 0 Å². The Morgan fingerprint density at radius 2 is 1.86 bits per heavy atom. The van der Waals surface area contributed by atoms with Gasteiger partial charge in [0.05, 0.1) is 5.75 Å². The van der Waals surface area contributed by atoms with Gasteiger partial charge in [-0.2, -0.15) is 0 Å². The van der Waals surface area contributed by atoms with Crippen molar-refractivity contribution in [1.82, 2.24) is 0 Å². The average Bonchev–Trinajstić information content (AvgIpc) is 2.88. The van der Waals surface area contributed by atoms with Crippen LogP contribution in [0.15, 0.2) is 40.8 Å². The fourth-order valence-corrected chi connectivity index (χ4v) is 2.46. The van der Waals surface area contributed by atoms with Crippen molar-refractivity contribution in [1.29, 1.82) is 0 Å². The van der Waals surface area contributed by atoms with Gasteiger partial charge in [-0.05, 0) is 29.8 Å². The average molecular weight is 308 g/mol. The number of primary sulfonamides is 1. The number of rotatable bonds is 5. The lowest BCUT2D eigenvalue weighted by atomic mass is 10.2. The van der Waals surface area contributed by atoms with Crippen LogP contribution in [0.1, 0.15) is 28.8 Å². The number of hydrogen-bond donors (Lipinski definition) is 2. The molecule has 0 aliphatic carbocycles. The van der Waals surface area contributed by atoms with Gasteiger partial charge < -0.3 is 9.73 Å². The van der Waals surface area contributed by atoms with Gasteiger partial charge >= 0.3 is 0 Å². The molecule has 2 rings (SSSR count). The number of amides is 1. The van der Waals surface area contributed by atoms with Crippen LogP contribution in [0.5, 0.6) is 0 Å². The zero-order valence-electron chi connectivity index (χ0n) is 11.5. The Labute approximate surface area is 123 Å². The topological polar surface area (TPSA) is 102 Å². The first-order valence-electron chi connectivity index (χ1n) is 6.37. The van der Waals surface area contributed by atoms with Gasteiger partial charge in [-0.3, -0.25) is 4.79 Å². The highest BCUT2D eigenvalue weighted by molar-refractivity contribution is 7.88. The summed E-state index contributed by atoms with van der Waals surface area (Å²) < 4.78 is 27.3. The van der Waals surface area contributed by atoms with E-state index in [2.05, 4.69) is 5.32 Å². The lowest BCUT2D eigenvalue weighted by molar-refractivity contribution is 0.0995. The zero-order chi connectivity index (χ0) is 15.5. The second kappa shape index (κ2) is 6.11. The standard InChI is InChI=1S/C14H16N2O4S/c1-2-12-7-8-13(20-12)14(17)16-11-5-3-10(4-6-11)9-21(15,18)19/h3-8H,2,9H2,1H3,(H,16,17)(H2,15,18,19). The first-order valence-corrected chi connectivity index (χ1v) is 8.08. The van der Waals surface area contributed by atoms with E-state index in [0.717, 1.165) is 12.2 Å². The summed E-state index contributed by atoms with van der Waals surface area (Å²) in [6.07, 6.45) is 0.718. The van der Waals surface area contributed by atoms with Gasteiger partial charge in [0.25, 0.3) is 5.91 Å². The summed E-state index contributed by atoms with van der Waals surface area (Å²) >= 11 is 0. The maximum absolute atomic E-state index is 11.9. The van der Waals surface area contributed by atoms with Crippen LogP contribution in [0.2, 0.25) is 0 Å². The molecule has 0 saturated heterocycles. The molecule has 1 aromatic heterocycles. The molecule has 1 heterocycles. The second-order valence-corrected chi connectivity index (χ2v) is 6.19. The van der Waals surface area contributed by atoms with Crippen molar-refractivity contribution in [3.8, 4) is 0 Å². The number of nitrogens with two attached hydrogens (primary N) is 1. The molecule has 21 heavy (non-hydrogen) atoms. The Bertz CT molecular complexity index is 733. The molecule has 0 saturated carbocycles. The predicted molar refractivity (Wildman–Crippen MR) is 79.3 cm³/mol. The first kappa shape index (κ1) is 15.3. The van der Waals surface area contributed by atoms with Crippen LogP contribution in [0.3, 0.4) is 0 Å². The third-order valence-corrected chi connectivity index (χ3v) is 3.55. The summed E-state index contributed by atoms with van der Waals surface area (Å²) in [5.41, 5.74) is 1.11. The SMILES string of the molecule is CCc1ccc(C(=O)Nc2ccc(CS(N)(=O)=O)cc2)o1. The van der Waals surface area contributed by atoms with Crippen molar-refractivity contribution in [2.24, 2.45) is 5.14 Å². The van der Waals surface area contributed by atoms with Gasteiger partial charge in [0, 0.05) is 12.1 Å². The Kier molecular flexibility index (Phi) is 4.44. The van der Waals surface area contributed by atoms with E-state index in [0.29, 0.717) is 11.3 Å². The van der Waals surface area contributed by atoms with Crippen molar-refractivity contribution in [3.63, 3.8) is 0 Å². The molecule has 1 aromatic carbocycles. The van der Waals surface area contributed by atoms with Crippen LogP contribution in [0, 0.1) is 0 Å². The van der Waals surface area contributed by atoms with E-state index in [1.165, 1.54) is 0 Å². The maximum atomic E-state index is 11.9. The van der Waals surface area contributed by atoms with Crippen LogP contribution in [-0.2, 0) is 22.2 Å². The fourth-order valence-electron chi connectivity index (χ4n) is 1.80. The minimum atomic E-state index is -3.56. The number of anilines is 1. The molecule has 0 aliphatic heterocycles. The van der Waals surface area contributed by atoms with E-state index < -0.39 is 10.0 Å². The van der Waals surface area contributed by atoms with Crippen molar-refractivity contribution in [2.45, 2.75) is 19.1 Å². The Hall–Kier alpha value is -2.12. The molecule has 0 atom stereocenters. The molecule has 0 unspecified atom stereocenters. The van der Waals surface area contributed by atoms with E-state index >= 15 is 0 Å². The second-order valence-electron chi connectivity index (χ2n) is 4.58. The van der Waals surface area contributed by atoms with E-state index in [9.17, 15) is 13.2 Å². The molecular formula is C14H16N2O4S. The summed E-state index contributed by atoms with van der Waals surface area (Å²) in [6, 6.07) is 9.79. The molecule has 6 nitrogen and oxygen atoms in total. The predicted octanol–water partition coefficient (Wildman–Crippen LogP) is 1.88. The number of furan rings is 1. The third kappa shape index (κ3) is 4.44. The highest BCUT2D eigenvalue weighted by Crippen LogP contribution is 2.14. The van der Waals surface area contributed by atoms with Gasteiger partial charge in [0.2, 0.25) is 10.0 Å². The molecule has 0 spiro atoms. The van der Waals surface area contributed by atoms with Gasteiger partial charge in [0.1, 0.15) is 5.76 Å². The van der Waals surface area contributed by atoms with Crippen LogP contribution in [0.4, 0.5) is 5.69 Å². The van der Waals surface area contributed by atoms with E-state index in [-0.39, 0.29) is 17.4 Å². The fraction of sp³-hybridized carbons (Fsp3) is 0.214. The van der Waals surface area contributed by atoms with Gasteiger partial charge in [0.15, 0.2) is 5.76 Å². The van der Waals surface area contributed by atoms with Crippen LogP contribution in [0.25, 0.3) is 0 Å². The summed E-state index contributed by atoms with van der Waals surface area (Å²) in [5, 5.41) is 7.64. The number of benzene rings is 1. The maximum Gasteiger partial charge on any atom is 0.291 e. The molecule has 0 fully saturated rings. The molecule has 0 radical (unpaired) electrons. The number of hydrogen-bond acceptors (Lipinski definition) is 4. The molecule has 0 aliphatic rings. The minimum Gasteiger partial charge on any atom is -0.456 e. The smallest absolute Gasteiger partial charge is 0.291 e. The first-order chi connectivity index (χ1) is 9.87. The minimum absolute atomic E-state index is 0.237. The largest absolute Gasteiger partial charge is 0.456 e. The summed E-state index contributed by atoms with van der Waals surface area (Å²) in [7, 11) is -3.56. The molecule has 112 valence electrons. The lowest BCUT2D eigenvalue weighted by Gasteiger charge is -2.05. The van der Waals surface area contributed by atoms with Gasteiger partial charge in [-0.25, -0.2) is 13.6 Å². The van der Waals surface area contributed by atoms with E-state index in [1.807, 2.05) is 6.92 Å². The summed E-state index contributed by atoms with van der Waals surface area (Å²) in [6.45, 7) is 1.94. The highest BCUT2D eigenvalue weighted by atomic mass is 32.2. The number of aryl methyl sites for hydroxylation is 1. The zero-order valence-corrected chi connectivity index (χ0v) is 12.3. The Morgan fingerprint density at radius 1 is 1.19 bits per heavy atom. The van der Waals surface area contributed by atoms with E-state index in [1.54, 1.807) is 36.4 Å². The summed E-state index contributed by atoms with van der Waals surface area (Å²) in [5.74, 6) is 0.386. The Balaban J connectivity index is 2.04. The van der Waals surface area contributed by atoms with Crippen molar-refractivity contribution in [3.05, 3.63) is 53.5 Å². The third-order valence-electron chi connectivity index (χ3n) is 2.81. The summed E-state index contributed by atoms with van der Waals surface area (Å²) in [4.78, 5) is 11.9. The highest BCUT2D eigenvalue weighted by Gasteiger charge is 2.11.